The molecular formula is C28H35N3O6. The van der Waals surface area contributed by atoms with Gasteiger partial charge < -0.3 is 29.3 Å². The van der Waals surface area contributed by atoms with Crippen LogP contribution >= 0.6 is 0 Å². The van der Waals surface area contributed by atoms with Gasteiger partial charge in [-0.05, 0) is 48.2 Å². The average Bonchev–Trinajstić information content (AvgIpc) is 2.89. The first-order valence-corrected chi connectivity index (χ1v) is 12.7. The van der Waals surface area contributed by atoms with E-state index in [2.05, 4.69) is 5.32 Å². The molecule has 2 aliphatic heterocycles. The fraction of sp³-hybridized carbons (Fsp3) is 0.464. The lowest BCUT2D eigenvalue weighted by Crippen LogP contribution is -2.58. The van der Waals surface area contributed by atoms with E-state index in [9.17, 15) is 14.4 Å². The molecule has 2 heterocycles. The number of nitrogens with zero attached hydrogens (tertiary/aromatic N) is 2. The number of likely N-dealkylation sites (tertiary alicyclic amines) is 1. The number of carbonyl (C=O) groups excluding carboxylic acids is 3. The molecule has 9 heteroatoms. The third kappa shape index (κ3) is 7.53. The van der Waals surface area contributed by atoms with Gasteiger partial charge in [-0.25, -0.2) is 0 Å². The van der Waals surface area contributed by atoms with Gasteiger partial charge in [-0.2, -0.15) is 0 Å². The van der Waals surface area contributed by atoms with Crippen molar-refractivity contribution in [1.82, 2.24) is 15.1 Å². The Morgan fingerprint density at radius 2 is 1.81 bits per heavy atom. The number of ether oxygens (including phenoxy) is 3. The Kier molecular flexibility index (Phi) is 9.14. The van der Waals surface area contributed by atoms with Crippen LogP contribution in [0.1, 0.15) is 30.4 Å². The molecule has 1 fully saturated rings. The van der Waals surface area contributed by atoms with Crippen molar-refractivity contribution >= 4 is 17.7 Å². The quantitative estimate of drug-likeness (QED) is 0.683. The topological polar surface area (TPSA) is 97.4 Å². The number of piperidine rings is 1. The second kappa shape index (κ2) is 12.7. The molecule has 4 rings (SSSR count). The summed E-state index contributed by atoms with van der Waals surface area (Å²) in [6, 6.07) is 15.0. The molecule has 2 aliphatic rings. The summed E-state index contributed by atoms with van der Waals surface area (Å²) in [6.45, 7) is 1.50. The van der Waals surface area contributed by atoms with Crippen molar-refractivity contribution in [3.05, 3.63) is 59.7 Å². The van der Waals surface area contributed by atoms with Gasteiger partial charge in [0.15, 0.2) is 0 Å². The standard InChI is InChI=1S/C28H35N3O6/c1-30-18-26(32)29-24-17-31(28(34)12-14-35-2)13-11-25(24)36-19-21-6-4-8-23(16-21)37-22-7-3-5-20(15-22)9-10-27(30)33/h3-8,15-16,24-25H,9-14,17-19H2,1-2H3,(H,29,32)/t24-,25+/m0/s1. The predicted molar refractivity (Wildman–Crippen MR) is 137 cm³/mol. The zero-order valence-electron chi connectivity index (χ0n) is 21.5. The van der Waals surface area contributed by atoms with Crippen molar-refractivity contribution in [2.75, 3.05) is 40.4 Å². The molecule has 0 saturated carbocycles. The van der Waals surface area contributed by atoms with Gasteiger partial charge >= 0.3 is 0 Å². The highest BCUT2D eigenvalue weighted by Gasteiger charge is 2.33. The van der Waals surface area contributed by atoms with Gasteiger partial charge in [-0.15, -0.1) is 0 Å². The molecule has 2 aromatic rings. The zero-order chi connectivity index (χ0) is 26.2. The van der Waals surface area contributed by atoms with Crippen LogP contribution in [0.15, 0.2) is 48.5 Å². The average molecular weight is 510 g/mol. The van der Waals surface area contributed by atoms with E-state index >= 15 is 0 Å². The fourth-order valence-electron chi connectivity index (χ4n) is 4.64. The van der Waals surface area contributed by atoms with Crippen molar-refractivity contribution in [3.8, 4) is 11.5 Å². The normalized spacial score (nSPS) is 21.2. The van der Waals surface area contributed by atoms with Crippen LogP contribution in [0.2, 0.25) is 0 Å². The molecule has 2 atom stereocenters. The van der Waals surface area contributed by atoms with Gasteiger partial charge in [0, 0.05) is 33.7 Å². The SMILES string of the molecule is COCCC(=O)N1CC[C@H]2OCc3cccc(c3)Oc3cccc(c3)CCC(=O)N(C)CC(=O)N[C@H]2C1. The Morgan fingerprint density at radius 3 is 2.57 bits per heavy atom. The molecule has 0 spiro atoms. The molecule has 1 saturated heterocycles. The fourth-order valence-corrected chi connectivity index (χ4v) is 4.64. The summed E-state index contributed by atoms with van der Waals surface area (Å²) in [7, 11) is 3.19. The third-order valence-corrected chi connectivity index (χ3v) is 6.70. The van der Waals surface area contributed by atoms with Gasteiger partial charge in [0.25, 0.3) is 0 Å². The largest absolute Gasteiger partial charge is 0.457 e. The Morgan fingerprint density at radius 1 is 1.08 bits per heavy atom. The van der Waals surface area contributed by atoms with Gasteiger partial charge in [-0.1, -0.05) is 24.3 Å². The van der Waals surface area contributed by atoms with E-state index in [4.69, 9.17) is 14.2 Å². The Balaban J connectivity index is 1.54. The van der Waals surface area contributed by atoms with E-state index in [0.717, 1.165) is 11.1 Å². The number of fused-ring (bicyclic) bond motifs is 5. The third-order valence-electron chi connectivity index (χ3n) is 6.70. The molecule has 198 valence electrons. The molecule has 1 N–H and O–H groups in total. The number of carbonyl (C=O) groups is 3. The van der Waals surface area contributed by atoms with Crippen LogP contribution in [0.4, 0.5) is 0 Å². The molecule has 0 unspecified atom stereocenters. The van der Waals surface area contributed by atoms with E-state index in [-0.39, 0.29) is 43.2 Å². The second-order valence-electron chi connectivity index (χ2n) is 9.54. The van der Waals surface area contributed by atoms with Gasteiger partial charge in [0.2, 0.25) is 17.7 Å². The minimum atomic E-state index is -0.394. The number of aryl methyl sites for hydroxylation is 1. The number of hydrogen-bond donors (Lipinski definition) is 1. The highest BCUT2D eigenvalue weighted by molar-refractivity contribution is 5.85. The summed E-state index contributed by atoms with van der Waals surface area (Å²) in [6.07, 6.45) is 1.41. The summed E-state index contributed by atoms with van der Waals surface area (Å²) >= 11 is 0. The van der Waals surface area contributed by atoms with Gasteiger partial charge in [-0.3, -0.25) is 14.4 Å². The molecule has 2 aromatic carbocycles. The molecule has 0 aliphatic carbocycles. The summed E-state index contributed by atoms with van der Waals surface area (Å²) < 4.78 is 17.4. The van der Waals surface area contributed by atoms with Crippen molar-refractivity contribution in [3.63, 3.8) is 0 Å². The maximum absolute atomic E-state index is 12.9. The maximum atomic E-state index is 12.9. The first-order valence-electron chi connectivity index (χ1n) is 12.7. The summed E-state index contributed by atoms with van der Waals surface area (Å²) in [5.74, 6) is 0.970. The van der Waals surface area contributed by atoms with Crippen molar-refractivity contribution in [2.24, 2.45) is 0 Å². The number of likely N-dealkylation sites (N-methyl/N-ethyl adjacent to an activating group) is 1. The zero-order valence-corrected chi connectivity index (χ0v) is 21.5. The monoisotopic (exact) mass is 509 g/mol. The molecule has 3 amide bonds. The Bertz CT molecular complexity index is 1110. The summed E-state index contributed by atoms with van der Waals surface area (Å²) in [4.78, 5) is 41.4. The number of rotatable bonds is 3. The summed E-state index contributed by atoms with van der Waals surface area (Å²) in [5, 5.41) is 3.02. The van der Waals surface area contributed by atoms with Crippen molar-refractivity contribution in [2.45, 2.75) is 44.4 Å². The van der Waals surface area contributed by atoms with Gasteiger partial charge in [0.1, 0.15) is 11.5 Å². The lowest BCUT2D eigenvalue weighted by atomic mass is 10.0. The van der Waals surface area contributed by atoms with Crippen LogP contribution in [0.3, 0.4) is 0 Å². The molecule has 9 nitrogen and oxygen atoms in total. The smallest absolute Gasteiger partial charge is 0.239 e. The lowest BCUT2D eigenvalue weighted by Gasteiger charge is -2.39. The number of benzene rings is 2. The highest BCUT2D eigenvalue weighted by Crippen LogP contribution is 2.25. The highest BCUT2D eigenvalue weighted by atomic mass is 16.5. The van der Waals surface area contributed by atoms with E-state index in [0.29, 0.717) is 50.6 Å². The summed E-state index contributed by atoms with van der Waals surface area (Å²) in [5.41, 5.74) is 1.93. The van der Waals surface area contributed by atoms with Gasteiger partial charge in [0.05, 0.1) is 38.3 Å². The number of hydrogen-bond acceptors (Lipinski definition) is 6. The number of nitrogens with one attached hydrogen (secondary N) is 1. The van der Waals surface area contributed by atoms with E-state index in [1.54, 1.807) is 19.1 Å². The van der Waals surface area contributed by atoms with Crippen molar-refractivity contribution in [1.29, 1.82) is 0 Å². The molecule has 37 heavy (non-hydrogen) atoms. The molecule has 4 bridgehead atoms. The molecule has 0 radical (unpaired) electrons. The van der Waals surface area contributed by atoms with E-state index in [1.807, 2.05) is 48.5 Å². The lowest BCUT2D eigenvalue weighted by molar-refractivity contribution is -0.139. The Labute approximate surface area is 217 Å². The first-order chi connectivity index (χ1) is 17.9. The maximum Gasteiger partial charge on any atom is 0.239 e. The molecule has 0 aromatic heterocycles. The Hall–Kier alpha value is -3.43. The van der Waals surface area contributed by atoms with E-state index < -0.39 is 6.04 Å². The second-order valence-corrected chi connectivity index (χ2v) is 9.54. The minimum Gasteiger partial charge on any atom is -0.457 e. The molecular weight excluding hydrogens is 474 g/mol. The number of amides is 3. The van der Waals surface area contributed by atoms with Crippen LogP contribution in [0.5, 0.6) is 11.5 Å². The van der Waals surface area contributed by atoms with Crippen LogP contribution in [0, 0.1) is 0 Å². The predicted octanol–water partition coefficient (Wildman–Crippen LogP) is 2.52. The van der Waals surface area contributed by atoms with Crippen LogP contribution in [0.25, 0.3) is 0 Å². The van der Waals surface area contributed by atoms with E-state index in [1.165, 1.54) is 4.90 Å². The first kappa shape index (κ1) is 26.6. The van der Waals surface area contributed by atoms with Crippen LogP contribution < -0.4 is 10.1 Å². The van der Waals surface area contributed by atoms with Crippen LogP contribution in [-0.2, 0) is 36.9 Å². The number of methoxy groups -OCH3 is 1. The van der Waals surface area contributed by atoms with Crippen LogP contribution in [-0.4, -0.2) is 80.1 Å². The minimum absolute atomic E-state index is 0.0191. The van der Waals surface area contributed by atoms with Crippen molar-refractivity contribution < 1.29 is 28.6 Å².